The Morgan fingerprint density at radius 1 is 0.875 bits per heavy atom. The van der Waals surface area contributed by atoms with Crippen molar-refractivity contribution >= 4 is 15.6 Å². The van der Waals surface area contributed by atoms with Gasteiger partial charge in [-0.15, -0.1) is 0 Å². The second kappa shape index (κ2) is 10.6. The van der Waals surface area contributed by atoms with Crippen LogP contribution in [0.5, 0.6) is 0 Å². The van der Waals surface area contributed by atoms with E-state index in [2.05, 4.69) is 125 Å². The van der Waals surface area contributed by atoms with Crippen LogP contribution in [0.25, 0.3) is 5.57 Å². The predicted molar refractivity (Wildman–Crippen MR) is 151 cm³/mol. The van der Waals surface area contributed by atoms with Crippen molar-refractivity contribution in [1.29, 1.82) is 0 Å². The van der Waals surface area contributed by atoms with Gasteiger partial charge in [-0.3, -0.25) is 0 Å². The highest BCUT2D eigenvalue weighted by molar-refractivity contribution is 8.35. The summed E-state index contributed by atoms with van der Waals surface area (Å²) in [4.78, 5) is 0. The molecule has 0 saturated carbocycles. The van der Waals surface area contributed by atoms with E-state index in [1.807, 2.05) is 0 Å². The molecule has 0 aromatic heterocycles. The first-order valence-electron chi connectivity index (χ1n) is 12.5. The standard InChI is InChI=1S/C31H48S/c1-20(2)29-18-26(11)27(12)19-30(29)25(10)16-17-28-24(9)14-13-15-31(28)32(21(3)4,22(5)6)23(7)8/h13-23,28,31H,10H2,1-9,11-12H3/b17-16-. The molecule has 0 fully saturated rings. The largest absolute Gasteiger partial charge is 0.227 e. The lowest BCUT2D eigenvalue weighted by atomic mass is 9.87. The number of allylic oxidation sites excluding steroid dienone is 6. The Hall–Kier alpha value is -1.47. The van der Waals surface area contributed by atoms with Crippen LogP contribution in [0.4, 0.5) is 0 Å². The molecule has 32 heavy (non-hydrogen) atoms. The van der Waals surface area contributed by atoms with E-state index in [-0.39, 0.29) is 0 Å². The van der Waals surface area contributed by atoms with E-state index in [9.17, 15) is 0 Å². The van der Waals surface area contributed by atoms with Gasteiger partial charge in [-0.05, 0) is 70.3 Å². The topological polar surface area (TPSA) is 0 Å². The molecule has 0 amide bonds. The van der Waals surface area contributed by atoms with Crippen LogP contribution in [0.3, 0.4) is 0 Å². The van der Waals surface area contributed by atoms with E-state index < -0.39 is 10.0 Å². The summed E-state index contributed by atoms with van der Waals surface area (Å²) in [6.45, 7) is 30.6. The van der Waals surface area contributed by atoms with Crippen molar-refractivity contribution in [1.82, 2.24) is 0 Å². The highest BCUT2D eigenvalue weighted by Crippen LogP contribution is 2.67. The van der Waals surface area contributed by atoms with Crippen LogP contribution in [0.1, 0.15) is 90.5 Å². The molecule has 2 unspecified atom stereocenters. The van der Waals surface area contributed by atoms with Gasteiger partial charge in [-0.1, -0.05) is 110 Å². The summed E-state index contributed by atoms with van der Waals surface area (Å²) in [7, 11) is -0.885. The average Bonchev–Trinajstić information content (AvgIpc) is 2.68. The molecule has 1 aliphatic carbocycles. The third-order valence-corrected chi connectivity index (χ3v) is 13.9. The molecule has 1 heteroatoms. The zero-order valence-corrected chi connectivity index (χ0v) is 23.4. The van der Waals surface area contributed by atoms with Crippen molar-refractivity contribution in [3.8, 4) is 0 Å². The maximum absolute atomic E-state index is 4.52. The molecule has 0 spiro atoms. The normalized spacial score (nSPS) is 20.2. The third kappa shape index (κ3) is 5.04. The van der Waals surface area contributed by atoms with E-state index in [0.29, 0.717) is 32.8 Å². The summed E-state index contributed by atoms with van der Waals surface area (Å²) in [6.07, 6.45) is 11.9. The Balaban J connectivity index is 2.52. The maximum Gasteiger partial charge on any atom is 0.0179 e. The van der Waals surface area contributed by atoms with Gasteiger partial charge in [0.2, 0.25) is 0 Å². The number of hydrogen-bond donors (Lipinski definition) is 0. The molecule has 1 aliphatic rings. The minimum absolute atomic E-state index is 0.438. The van der Waals surface area contributed by atoms with Crippen LogP contribution >= 0.6 is 10.0 Å². The molecule has 0 saturated heterocycles. The van der Waals surface area contributed by atoms with Crippen molar-refractivity contribution in [3.05, 3.63) is 76.9 Å². The van der Waals surface area contributed by atoms with Gasteiger partial charge in [-0.2, -0.15) is 0 Å². The molecular weight excluding hydrogens is 404 g/mol. The average molecular weight is 453 g/mol. The van der Waals surface area contributed by atoms with E-state index in [0.717, 1.165) is 5.57 Å². The van der Waals surface area contributed by atoms with Gasteiger partial charge in [0.05, 0.1) is 0 Å². The van der Waals surface area contributed by atoms with Gasteiger partial charge in [0.15, 0.2) is 0 Å². The molecule has 1 aromatic rings. The van der Waals surface area contributed by atoms with E-state index in [1.54, 1.807) is 0 Å². The molecule has 0 bridgehead atoms. The van der Waals surface area contributed by atoms with Crippen molar-refractivity contribution in [2.45, 2.75) is 103 Å². The first-order valence-corrected chi connectivity index (χ1v) is 14.4. The van der Waals surface area contributed by atoms with E-state index in [4.69, 9.17) is 0 Å². The summed E-state index contributed by atoms with van der Waals surface area (Å²) in [5.41, 5.74) is 8.03. The maximum atomic E-state index is 4.52. The first-order chi connectivity index (χ1) is 14.8. The molecular formula is C31H48S. The molecule has 178 valence electrons. The van der Waals surface area contributed by atoms with Gasteiger partial charge in [-0.25, -0.2) is 10.0 Å². The fraction of sp³-hybridized carbons (Fsp3) is 0.548. The van der Waals surface area contributed by atoms with E-state index >= 15 is 0 Å². The zero-order chi connectivity index (χ0) is 24.4. The van der Waals surface area contributed by atoms with Crippen LogP contribution in [-0.4, -0.2) is 21.0 Å². The lowest BCUT2D eigenvalue weighted by molar-refractivity contribution is 0.746. The molecule has 0 radical (unpaired) electrons. The van der Waals surface area contributed by atoms with Crippen LogP contribution < -0.4 is 0 Å². The summed E-state index contributed by atoms with van der Waals surface area (Å²) in [5.74, 6) is 0.925. The molecule has 0 nitrogen and oxygen atoms in total. The number of rotatable bonds is 8. The number of aryl methyl sites for hydroxylation is 2. The lowest BCUT2D eigenvalue weighted by Crippen LogP contribution is -2.41. The molecule has 2 atom stereocenters. The zero-order valence-electron chi connectivity index (χ0n) is 22.6. The van der Waals surface area contributed by atoms with Crippen LogP contribution in [-0.2, 0) is 0 Å². The SMILES string of the molecule is C=C(/C=C\C1C(C)=CC=CC1S(C(C)C)(C(C)C)C(C)C)c1cc(C)c(C)cc1C(C)C. The Kier molecular flexibility index (Phi) is 8.90. The van der Waals surface area contributed by atoms with Gasteiger partial charge in [0.1, 0.15) is 0 Å². The molecule has 0 aliphatic heterocycles. The lowest BCUT2D eigenvalue weighted by Gasteiger charge is -2.58. The fourth-order valence-electron chi connectivity index (χ4n) is 5.94. The Morgan fingerprint density at radius 2 is 1.41 bits per heavy atom. The first kappa shape index (κ1) is 26.8. The van der Waals surface area contributed by atoms with Crippen molar-refractivity contribution in [3.63, 3.8) is 0 Å². The summed E-state index contributed by atoms with van der Waals surface area (Å²) >= 11 is 0. The predicted octanol–water partition coefficient (Wildman–Crippen LogP) is 9.53. The smallest absolute Gasteiger partial charge is 0.0179 e. The van der Waals surface area contributed by atoms with Gasteiger partial charge >= 0.3 is 0 Å². The molecule has 0 heterocycles. The number of hydrogen-bond acceptors (Lipinski definition) is 0. The van der Waals surface area contributed by atoms with Gasteiger partial charge in [0.25, 0.3) is 0 Å². The van der Waals surface area contributed by atoms with Crippen LogP contribution in [0, 0.1) is 19.8 Å². The summed E-state index contributed by atoms with van der Waals surface area (Å²) < 4.78 is 0. The van der Waals surface area contributed by atoms with Crippen LogP contribution in [0.2, 0.25) is 0 Å². The highest BCUT2D eigenvalue weighted by Gasteiger charge is 2.44. The van der Waals surface area contributed by atoms with Crippen molar-refractivity contribution in [2.75, 3.05) is 0 Å². The fourth-order valence-corrected chi connectivity index (χ4v) is 12.3. The Bertz CT molecular complexity index is 883. The minimum Gasteiger partial charge on any atom is -0.227 e. The monoisotopic (exact) mass is 452 g/mol. The van der Waals surface area contributed by atoms with Crippen molar-refractivity contribution < 1.29 is 0 Å². The molecule has 1 aromatic carbocycles. The van der Waals surface area contributed by atoms with Gasteiger partial charge in [0, 0.05) is 11.2 Å². The summed E-state index contributed by atoms with van der Waals surface area (Å²) in [5, 5.41) is 2.64. The third-order valence-electron chi connectivity index (χ3n) is 7.60. The molecule has 2 rings (SSSR count). The molecule has 0 N–H and O–H groups in total. The highest BCUT2D eigenvalue weighted by atomic mass is 32.3. The second-order valence-corrected chi connectivity index (χ2v) is 15.8. The quantitative estimate of drug-likeness (QED) is 0.344. The number of benzene rings is 1. The minimum atomic E-state index is -0.885. The summed E-state index contributed by atoms with van der Waals surface area (Å²) in [6, 6.07) is 4.70. The Labute approximate surface area is 201 Å². The second-order valence-electron chi connectivity index (χ2n) is 10.8. The van der Waals surface area contributed by atoms with Crippen molar-refractivity contribution in [2.24, 2.45) is 5.92 Å². The van der Waals surface area contributed by atoms with Gasteiger partial charge < -0.3 is 0 Å². The van der Waals surface area contributed by atoms with E-state index in [1.165, 1.54) is 27.8 Å². The Morgan fingerprint density at radius 3 is 1.91 bits per heavy atom. The van der Waals surface area contributed by atoms with Crippen LogP contribution in [0.15, 0.2) is 54.7 Å².